The summed E-state index contributed by atoms with van der Waals surface area (Å²) in [5, 5.41) is 0. The van der Waals surface area contributed by atoms with Crippen molar-refractivity contribution in [2.75, 3.05) is 13.2 Å². The Morgan fingerprint density at radius 3 is 3.00 bits per heavy atom. The second kappa shape index (κ2) is 2.18. The third-order valence-corrected chi connectivity index (χ3v) is 0.814. The van der Waals surface area contributed by atoms with Crippen LogP contribution in [0.5, 0.6) is 0 Å². The van der Waals surface area contributed by atoms with E-state index < -0.39 is 5.87 Å². The van der Waals surface area contributed by atoms with E-state index in [1.807, 2.05) is 0 Å². The third-order valence-electron chi connectivity index (χ3n) is 0.814. The van der Waals surface area contributed by atoms with Crippen LogP contribution in [0.3, 0.4) is 0 Å². The highest BCUT2D eigenvalue weighted by Gasteiger charge is 2.23. The lowest BCUT2D eigenvalue weighted by Gasteiger charge is -1.94. The van der Waals surface area contributed by atoms with Crippen molar-refractivity contribution in [1.82, 2.24) is 0 Å². The molecule has 8 heavy (non-hydrogen) atoms. The van der Waals surface area contributed by atoms with Crippen molar-refractivity contribution < 1.29 is 14.3 Å². The van der Waals surface area contributed by atoms with Crippen molar-refractivity contribution in [2.45, 2.75) is 6.10 Å². The molecule has 4 heteroatoms. The van der Waals surface area contributed by atoms with Crippen molar-refractivity contribution in [1.29, 1.82) is 0 Å². The molecule has 1 saturated heterocycles. The normalized spacial score (nSPS) is 24.8. The van der Waals surface area contributed by atoms with Crippen LogP contribution in [0.15, 0.2) is 0 Å². The van der Waals surface area contributed by atoms with Crippen LogP contribution in [-0.2, 0) is 9.47 Å². The summed E-state index contributed by atoms with van der Waals surface area (Å²) in [6.45, 7) is 0.989. The van der Waals surface area contributed by atoms with E-state index in [1.165, 1.54) is 0 Å². The summed E-state index contributed by atoms with van der Waals surface area (Å²) < 4.78 is 9.11. The van der Waals surface area contributed by atoms with Gasteiger partial charge in [-0.1, -0.05) is 0 Å². The lowest BCUT2D eigenvalue weighted by Crippen LogP contribution is -2.06. The number of hydrogen-bond donors (Lipinski definition) is 0. The molecule has 1 atom stereocenters. The Morgan fingerprint density at radius 2 is 2.62 bits per heavy atom. The molecule has 0 bridgehead atoms. The maximum Gasteiger partial charge on any atom is 0.235 e. The van der Waals surface area contributed by atoms with Crippen LogP contribution >= 0.6 is 0 Å². The minimum atomic E-state index is -0.736. The molecule has 0 N–H and O–H groups in total. The molecule has 0 unspecified atom stereocenters. The molecule has 42 valence electrons. The average molecular weight is 112 g/mol. The topological polar surface area (TPSA) is 38.8 Å². The third kappa shape index (κ3) is 1.98. The minimum absolute atomic E-state index is 0.113. The summed E-state index contributed by atoms with van der Waals surface area (Å²) in [5.41, 5.74) is 0. The first-order valence-corrected chi connectivity index (χ1v) is 2.33. The molecule has 1 aliphatic rings. The van der Waals surface area contributed by atoms with E-state index >= 15 is 0 Å². The quantitative estimate of drug-likeness (QED) is 0.363. The minimum Gasteiger partial charge on any atom is -0.472 e. The summed E-state index contributed by atoms with van der Waals surface area (Å²) >= 11 is 0. The summed E-state index contributed by atoms with van der Waals surface area (Å²) in [4.78, 5) is 9.88. The predicted octanol–water partition coefficient (Wildman–Crippen LogP) is -0.310. The number of carbonyl (C=O) groups excluding carboxylic acids is 1. The average Bonchev–Trinajstić information content (AvgIpc) is 2.41. The van der Waals surface area contributed by atoms with Gasteiger partial charge in [0.05, 0.1) is 6.61 Å². The maximum absolute atomic E-state index is 9.88. The summed E-state index contributed by atoms with van der Waals surface area (Å²) in [6.07, 6.45) is 0.113. The van der Waals surface area contributed by atoms with Crippen LogP contribution in [0.2, 0.25) is 0 Å². The molecule has 0 aromatic heterocycles. The Bertz CT molecular complexity index is 99.5. The fraction of sp³-hybridized carbons (Fsp3) is 0.750. The van der Waals surface area contributed by atoms with Crippen molar-refractivity contribution in [2.24, 2.45) is 0 Å². The summed E-state index contributed by atoms with van der Waals surface area (Å²) in [6, 6.07) is 0. The van der Waals surface area contributed by atoms with Gasteiger partial charge in [-0.25, -0.2) is 0 Å². The molecule has 0 aromatic rings. The van der Waals surface area contributed by atoms with Gasteiger partial charge in [-0.05, 0) is 0 Å². The zero-order valence-corrected chi connectivity index (χ0v) is 4.29. The van der Waals surface area contributed by atoms with E-state index in [9.17, 15) is 4.79 Å². The zero-order valence-electron chi connectivity index (χ0n) is 4.29. The predicted molar refractivity (Wildman–Crippen MR) is 26.8 cm³/mol. The highest BCUT2D eigenvalue weighted by Crippen LogP contribution is 2.07. The first-order valence-electron chi connectivity index (χ1n) is 2.33. The van der Waals surface area contributed by atoms with Gasteiger partial charge < -0.3 is 9.47 Å². The SMILES string of the molecule is [B]C(=O)OC[C@H]1CO1. The number of rotatable bonds is 2. The van der Waals surface area contributed by atoms with E-state index in [1.54, 1.807) is 0 Å². The van der Waals surface area contributed by atoms with E-state index in [-0.39, 0.29) is 6.10 Å². The molecular formula is C4H5BO3. The second-order valence-corrected chi connectivity index (χ2v) is 1.59. The first-order chi connectivity index (χ1) is 3.79. The Labute approximate surface area is 48.4 Å². The lowest BCUT2D eigenvalue weighted by molar-refractivity contribution is 0.161. The van der Waals surface area contributed by atoms with Crippen LogP contribution in [0.25, 0.3) is 0 Å². The molecule has 1 rings (SSSR count). The maximum atomic E-state index is 9.88. The fourth-order valence-electron chi connectivity index (χ4n) is 0.339. The van der Waals surface area contributed by atoms with Gasteiger partial charge in [0.25, 0.3) is 0 Å². The van der Waals surface area contributed by atoms with E-state index in [0.29, 0.717) is 13.2 Å². The van der Waals surface area contributed by atoms with Gasteiger partial charge >= 0.3 is 0 Å². The van der Waals surface area contributed by atoms with Gasteiger partial charge in [0, 0.05) is 0 Å². The van der Waals surface area contributed by atoms with Crippen molar-refractivity contribution >= 4 is 13.7 Å². The molecule has 2 radical (unpaired) electrons. The molecule has 0 aromatic carbocycles. The highest BCUT2D eigenvalue weighted by molar-refractivity contribution is 6.55. The van der Waals surface area contributed by atoms with Gasteiger partial charge in [0.1, 0.15) is 12.7 Å². The van der Waals surface area contributed by atoms with Crippen molar-refractivity contribution in [3.05, 3.63) is 0 Å². The fourth-order valence-corrected chi connectivity index (χ4v) is 0.339. The van der Waals surface area contributed by atoms with Gasteiger partial charge in [-0.3, -0.25) is 4.79 Å². The number of epoxide rings is 1. The van der Waals surface area contributed by atoms with Gasteiger partial charge in [-0.2, -0.15) is 0 Å². The summed E-state index contributed by atoms with van der Waals surface area (Å²) in [7, 11) is 4.65. The van der Waals surface area contributed by atoms with Gasteiger partial charge in [0.2, 0.25) is 13.7 Å². The Balaban J connectivity index is 1.95. The Kier molecular flexibility index (Phi) is 1.53. The first kappa shape index (κ1) is 5.63. The monoisotopic (exact) mass is 112 g/mol. The standard InChI is InChI=1S/C4H5BO3/c5-4(6)8-2-3-1-7-3/h3H,1-2H2/t3-/m1/s1. The lowest BCUT2D eigenvalue weighted by atomic mass is 10.2. The van der Waals surface area contributed by atoms with E-state index in [0.717, 1.165) is 0 Å². The van der Waals surface area contributed by atoms with Gasteiger partial charge in [0.15, 0.2) is 0 Å². The zero-order chi connectivity index (χ0) is 5.98. The highest BCUT2D eigenvalue weighted by atomic mass is 16.6. The van der Waals surface area contributed by atoms with Crippen LogP contribution < -0.4 is 0 Å². The molecule has 3 nitrogen and oxygen atoms in total. The molecule has 1 heterocycles. The van der Waals surface area contributed by atoms with E-state index in [4.69, 9.17) is 4.74 Å². The smallest absolute Gasteiger partial charge is 0.235 e. The van der Waals surface area contributed by atoms with Crippen LogP contribution in [0, 0.1) is 0 Å². The van der Waals surface area contributed by atoms with Crippen molar-refractivity contribution in [3.63, 3.8) is 0 Å². The number of hydrogen-bond acceptors (Lipinski definition) is 3. The Hall–Kier alpha value is -0.505. The Morgan fingerprint density at radius 1 is 2.00 bits per heavy atom. The van der Waals surface area contributed by atoms with Crippen LogP contribution in [-0.4, -0.2) is 33.0 Å². The summed E-state index contributed by atoms with van der Waals surface area (Å²) in [5.74, 6) is -0.736. The molecule has 0 spiro atoms. The van der Waals surface area contributed by atoms with Crippen LogP contribution in [0.4, 0.5) is 4.79 Å². The second-order valence-electron chi connectivity index (χ2n) is 1.59. The van der Waals surface area contributed by atoms with Crippen LogP contribution in [0.1, 0.15) is 0 Å². The molecule has 0 aliphatic carbocycles. The number of carbonyl (C=O) groups is 1. The molecule has 0 amide bonds. The largest absolute Gasteiger partial charge is 0.472 e. The van der Waals surface area contributed by atoms with Gasteiger partial charge in [-0.15, -0.1) is 0 Å². The molecule has 1 aliphatic heterocycles. The molecular weight excluding hydrogens is 107 g/mol. The molecule has 0 saturated carbocycles. The number of ether oxygens (including phenoxy) is 2. The molecule has 1 fully saturated rings. The van der Waals surface area contributed by atoms with E-state index in [2.05, 4.69) is 12.6 Å². The van der Waals surface area contributed by atoms with Crippen molar-refractivity contribution in [3.8, 4) is 0 Å².